The van der Waals surface area contributed by atoms with Crippen LogP contribution in [0.25, 0.3) is 0 Å². The highest BCUT2D eigenvalue weighted by atomic mass is 35.5. The number of hydrogen-bond donors (Lipinski definition) is 3. The third kappa shape index (κ3) is 6.87. The summed E-state index contributed by atoms with van der Waals surface area (Å²) < 4.78 is 67.9. The molecule has 0 saturated heterocycles. The summed E-state index contributed by atoms with van der Waals surface area (Å²) in [4.78, 5) is 0. The molecule has 5 nitrogen and oxygen atoms in total. The molecule has 4 N–H and O–H groups in total. The monoisotopic (exact) mass is 327 g/mol. The predicted octanol–water partition coefficient (Wildman–Crippen LogP) is 2.94. The maximum absolute atomic E-state index is 12.1. The third-order valence-electron chi connectivity index (χ3n) is 1.41. The van der Waals surface area contributed by atoms with Crippen LogP contribution in [0, 0.1) is 0 Å². The standard InChI is InChI=1S/C7H4Cl2F3N.H2O4S/c8-4-1-3(7(10,11)12)2-5(9)6(4)13;1-5(2,3)4/h1-2H,13H2;(H2,1,2,3,4). The Morgan fingerprint density at radius 3 is 1.61 bits per heavy atom. The fraction of sp³-hybridized carbons (Fsp3) is 0.143. The summed E-state index contributed by atoms with van der Waals surface area (Å²) in [6.07, 6.45) is -4.46. The van der Waals surface area contributed by atoms with E-state index in [9.17, 15) is 13.2 Å². The van der Waals surface area contributed by atoms with E-state index in [1.807, 2.05) is 0 Å². The number of nitrogen functional groups attached to an aromatic ring is 1. The lowest BCUT2D eigenvalue weighted by Crippen LogP contribution is -2.05. The van der Waals surface area contributed by atoms with Crippen molar-refractivity contribution in [2.45, 2.75) is 6.18 Å². The predicted molar refractivity (Wildman–Crippen MR) is 60.1 cm³/mol. The molecule has 0 aliphatic heterocycles. The molecular formula is C7H6Cl2F3NO4S. The lowest BCUT2D eigenvalue weighted by molar-refractivity contribution is -0.137. The summed E-state index contributed by atoms with van der Waals surface area (Å²) >= 11 is 10.8. The first kappa shape index (κ1) is 17.3. The number of nitrogens with two attached hydrogens (primary N) is 1. The molecule has 0 spiro atoms. The van der Waals surface area contributed by atoms with Crippen LogP contribution in [0.2, 0.25) is 10.0 Å². The quantitative estimate of drug-likeness (QED) is 0.502. The van der Waals surface area contributed by atoms with E-state index in [4.69, 9.17) is 46.5 Å². The molecule has 0 amide bonds. The molecule has 104 valence electrons. The van der Waals surface area contributed by atoms with Crippen LogP contribution in [-0.2, 0) is 16.6 Å². The second-order valence-electron chi connectivity index (χ2n) is 2.80. The van der Waals surface area contributed by atoms with Gasteiger partial charge in [0.1, 0.15) is 0 Å². The average molecular weight is 328 g/mol. The molecule has 1 rings (SSSR count). The van der Waals surface area contributed by atoms with E-state index in [2.05, 4.69) is 0 Å². The second kappa shape index (κ2) is 5.93. The molecule has 0 saturated carbocycles. The molecule has 0 radical (unpaired) electrons. The number of rotatable bonds is 0. The van der Waals surface area contributed by atoms with Crippen LogP contribution in [0.15, 0.2) is 12.1 Å². The van der Waals surface area contributed by atoms with Gasteiger partial charge in [-0.25, -0.2) is 0 Å². The summed E-state index contributed by atoms with van der Waals surface area (Å²) in [7, 11) is -4.67. The molecule has 0 bridgehead atoms. The van der Waals surface area contributed by atoms with E-state index in [0.29, 0.717) is 0 Å². The van der Waals surface area contributed by atoms with E-state index in [0.717, 1.165) is 12.1 Å². The van der Waals surface area contributed by atoms with Crippen LogP contribution < -0.4 is 5.73 Å². The first-order valence-corrected chi connectivity index (χ1v) is 5.99. The maximum atomic E-state index is 12.1. The molecule has 18 heavy (non-hydrogen) atoms. The van der Waals surface area contributed by atoms with Gasteiger partial charge in [-0.1, -0.05) is 23.2 Å². The van der Waals surface area contributed by atoms with E-state index in [1.54, 1.807) is 0 Å². The Morgan fingerprint density at radius 2 is 1.39 bits per heavy atom. The van der Waals surface area contributed by atoms with Crippen molar-refractivity contribution in [3.05, 3.63) is 27.7 Å². The van der Waals surface area contributed by atoms with Gasteiger partial charge >= 0.3 is 16.6 Å². The van der Waals surface area contributed by atoms with Gasteiger partial charge in [-0.05, 0) is 12.1 Å². The second-order valence-corrected chi connectivity index (χ2v) is 4.51. The van der Waals surface area contributed by atoms with Gasteiger partial charge in [-0.15, -0.1) is 0 Å². The highest BCUT2D eigenvalue weighted by Crippen LogP contribution is 2.36. The summed E-state index contributed by atoms with van der Waals surface area (Å²) in [6, 6.07) is 1.48. The Kier molecular flexibility index (Phi) is 5.69. The minimum atomic E-state index is -4.67. The minimum absolute atomic E-state index is 0.0451. The molecule has 0 atom stereocenters. The zero-order valence-electron chi connectivity index (χ0n) is 8.24. The Labute approximate surface area is 110 Å². The van der Waals surface area contributed by atoms with Crippen LogP contribution in [0.5, 0.6) is 0 Å². The Hall–Kier alpha value is -0.740. The van der Waals surface area contributed by atoms with Gasteiger partial charge in [0.05, 0.1) is 21.3 Å². The molecule has 0 aliphatic carbocycles. The lowest BCUT2D eigenvalue weighted by atomic mass is 10.2. The number of benzene rings is 1. The molecule has 1 aromatic carbocycles. The smallest absolute Gasteiger partial charge is 0.396 e. The fourth-order valence-electron chi connectivity index (χ4n) is 0.748. The van der Waals surface area contributed by atoms with E-state index in [1.165, 1.54) is 0 Å². The summed E-state index contributed by atoms with van der Waals surface area (Å²) in [5, 5.41) is -0.389. The number of alkyl halides is 3. The Balaban J connectivity index is 0.000000494. The van der Waals surface area contributed by atoms with Crippen molar-refractivity contribution in [1.29, 1.82) is 0 Å². The van der Waals surface area contributed by atoms with Crippen LogP contribution in [0.4, 0.5) is 18.9 Å². The topological polar surface area (TPSA) is 101 Å². The van der Waals surface area contributed by atoms with E-state index >= 15 is 0 Å². The van der Waals surface area contributed by atoms with Crippen molar-refractivity contribution in [3.8, 4) is 0 Å². The third-order valence-corrected chi connectivity index (χ3v) is 2.03. The molecule has 0 aliphatic rings. The first-order valence-electron chi connectivity index (χ1n) is 3.84. The van der Waals surface area contributed by atoms with Crippen molar-refractivity contribution >= 4 is 39.3 Å². The molecule has 0 heterocycles. The van der Waals surface area contributed by atoms with Crippen molar-refractivity contribution in [3.63, 3.8) is 0 Å². The first-order chi connectivity index (χ1) is 7.82. The lowest BCUT2D eigenvalue weighted by Gasteiger charge is -2.09. The normalized spacial score (nSPS) is 11.7. The molecular weight excluding hydrogens is 322 g/mol. The van der Waals surface area contributed by atoms with E-state index in [-0.39, 0.29) is 15.7 Å². The van der Waals surface area contributed by atoms with Gasteiger partial charge in [0, 0.05) is 0 Å². The Bertz CT molecular complexity index is 501. The van der Waals surface area contributed by atoms with Gasteiger partial charge in [0.2, 0.25) is 0 Å². The summed E-state index contributed by atoms with van der Waals surface area (Å²) in [6.45, 7) is 0. The Morgan fingerprint density at radius 1 is 1.11 bits per heavy atom. The summed E-state index contributed by atoms with van der Waals surface area (Å²) in [5.41, 5.74) is 4.31. The molecule has 0 aromatic heterocycles. The van der Waals surface area contributed by atoms with Gasteiger partial charge < -0.3 is 5.73 Å². The molecule has 1 aromatic rings. The van der Waals surface area contributed by atoms with Crippen molar-refractivity contribution in [2.75, 3.05) is 5.73 Å². The van der Waals surface area contributed by atoms with Crippen molar-refractivity contribution in [1.82, 2.24) is 0 Å². The van der Waals surface area contributed by atoms with E-state index < -0.39 is 22.1 Å². The van der Waals surface area contributed by atoms with Crippen LogP contribution in [-0.4, -0.2) is 17.5 Å². The number of hydrogen-bond acceptors (Lipinski definition) is 3. The molecule has 0 unspecified atom stereocenters. The minimum Gasteiger partial charge on any atom is -0.396 e. The highest BCUT2D eigenvalue weighted by molar-refractivity contribution is 7.79. The molecule has 11 heteroatoms. The van der Waals surface area contributed by atoms with Gasteiger partial charge in [0.15, 0.2) is 0 Å². The average Bonchev–Trinajstić information content (AvgIpc) is 2.09. The van der Waals surface area contributed by atoms with Crippen LogP contribution in [0.3, 0.4) is 0 Å². The zero-order chi connectivity index (χ0) is 14.7. The summed E-state index contributed by atoms with van der Waals surface area (Å²) in [5.74, 6) is 0. The highest BCUT2D eigenvalue weighted by Gasteiger charge is 2.31. The number of anilines is 1. The van der Waals surface area contributed by atoms with Gasteiger partial charge in [-0.2, -0.15) is 21.6 Å². The SMILES string of the molecule is Nc1c(Cl)cc(C(F)(F)F)cc1Cl.O=S(=O)(O)O. The van der Waals surface area contributed by atoms with Gasteiger partial charge in [0.25, 0.3) is 0 Å². The zero-order valence-corrected chi connectivity index (χ0v) is 10.6. The van der Waals surface area contributed by atoms with Crippen molar-refractivity contribution in [2.24, 2.45) is 0 Å². The number of halogens is 5. The van der Waals surface area contributed by atoms with Crippen LogP contribution >= 0.6 is 23.2 Å². The van der Waals surface area contributed by atoms with Gasteiger partial charge in [-0.3, -0.25) is 9.11 Å². The van der Waals surface area contributed by atoms with Crippen molar-refractivity contribution < 1.29 is 30.7 Å². The maximum Gasteiger partial charge on any atom is 0.416 e. The van der Waals surface area contributed by atoms with Crippen LogP contribution in [0.1, 0.15) is 5.56 Å². The fourth-order valence-corrected chi connectivity index (χ4v) is 1.24. The molecule has 0 fully saturated rings. The largest absolute Gasteiger partial charge is 0.416 e.